The number of thioether (sulfide) groups is 1. The second-order valence-electron chi connectivity index (χ2n) is 3.18. The lowest BCUT2D eigenvalue weighted by atomic mass is 10.4. The van der Waals surface area contributed by atoms with Gasteiger partial charge in [-0.25, -0.2) is 0 Å². The third-order valence-corrected chi connectivity index (χ3v) is 3.72. The van der Waals surface area contributed by atoms with E-state index in [0.29, 0.717) is 0 Å². The average molecular weight is 232 g/mol. The Morgan fingerprint density at radius 1 is 1.07 bits per heavy atom. The molecule has 0 N–H and O–H groups in total. The molecule has 76 valence electrons. The topological polar surface area (TPSA) is 0 Å². The maximum absolute atomic E-state index is 2.16. The fraction of sp³-hybridized carbons (Fsp3) is 0.0769. The minimum atomic E-state index is 1.28. The van der Waals surface area contributed by atoms with Gasteiger partial charge in [0.05, 0.1) is 0 Å². The number of rotatable bonds is 3. The van der Waals surface area contributed by atoms with Crippen molar-refractivity contribution >= 4 is 29.2 Å². The van der Waals surface area contributed by atoms with Gasteiger partial charge in [-0.3, -0.25) is 0 Å². The molecule has 2 rings (SSSR count). The number of hydrogen-bond donors (Lipinski definition) is 0. The van der Waals surface area contributed by atoms with Crippen molar-refractivity contribution in [2.75, 3.05) is 0 Å². The van der Waals surface area contributed by atoms with Crippen LogP contribution in [-0.2, 0) is 0 Å². The van der Waals surface area contributed by atoms with Crippen molar-refractivity contribution < 1.29 is 0 Å². The Morgan fingerprint density at radius 3 is 2.53 bits per heavy atom. The van der Waals surface area contributed by atoms with Gasteiger partial charge in [-0.2, -0.15) is 0 Å². The van der Waals surface area contributed by atoms with Crippen LogP contribution < -0.4 is 0 Å². The van der Waals surface area contributed by atoms with E-state index in [1.54, 1.807) is 11.8 Å². The fourth-order valence-electron chi connectivity index (χ4n) is 1.22. The van der Waals surface area contributed by atoms with Crippen molar-refractivity contribution in [3.05, 3.63) is 57.6 Å². The normalized spacial score (nSPS) is 11.0. The molecule has 1 aromatic carbocycles. The van der Waals surface area contributed by atoms with Crippen molar-refractivity contribution in [1.82, 2.24) is 0 Å². The van der Waals surface area contributed by atoms with Crippen LogP contribution >= 0.6 is 23.1 Å². The Kier molecular flexibility index (Phi) is 3.64. The third-order valence-electron chi connectivity index (χ3n) is 1.94. The predicted molar refractivity (Wildman–Crippen MR) is 70.4 cm³/mol. The predicted octanol–water partition coefficient (Wildman–Crippen LogP) is 4.82. The molecule has 0 spiro atoms. The molecule has 0 amide bonds. The first-order valence-corrected chi connectivity index (χ1v) is 6.49. The SMILES string of the molecule is Cc1ccc(/C=C/Sc2ccccc2)s1. The zero-order valence-electron chi connectivity index (χ0n) is 8.51. The molecule has 0 aliphatic heterocycles. The summed E-state index contributed by atoms with van der Waals surface area (Å²) in [7, 11) is 0. The van der Waals surface area contributed by atoms with Crippen LogP contribution in [0.25, 0.3) is 6.08 Å². The Bertz CT molecular complexity index is 441. The van der Waals surface area contributed by atoms with Gasteiger partial charge in [-0.05, 0) is 42.7 Å². The smallest absolute Gasteiger partial charge is 0.0278 e. The van der Waals surface area contributed by atoms with Gasteiger partial charge >= 0.3 is 0 Å². The summed E-state index contributed by atoms with van der Waals surface area (Å²) in [5, 5.41) is 2.14. The second kappa shape index (κ2) is 5.19. The zero-order valence-corrected chi connectivity index (χ0v) is 10.1. The Hall–Kier alpha value is -0.990. The van der Waals surface area contributed by atoms with Gasteiger partial charge in [0.15, 0.2) is 0 Å². The summed E-state index contributed by atoms with van der Waals surface area (Å²) in [6, 6.07) is 14.7. The Morgan fingerprint density at radius 2 is 1.87 bits per heavy atom. The van der Waals surface area contributed by atoms with Crippen LogP contribution in [0.2, 0.25) is 0 Å². The summed E-state index contributed by atoms with van der Waals surface area (Å²) >= 11 is 3.57. The molecule has 0 atom stereocenters. The number of aryl methyl sites for hydroxylation is 1. The minimum Gasteiger partial charge on any atom is -0.141 e. The summed E-state index contributed by atoms with van der Waals surface area (Å²) in [5.74, 6) is 0. The van der Waals surface area contributed by atoms with Crippen molar-refractivity contribution in [1.29, 1.82) is 0 Å². The molecule has 0 aliphatic carbocycles. The first-order chi connectivity index (χ1) is 7.34. The molecule has 0 fully saturated rings. The highest BCUT2D eigenvalue weighted by atomic mass is 32.2. The molecule has 0 nitrogen and oxygen atoms in total. The van der Waals surface area contributed by atoms with E-state index >= 15 is 0 Å². The van der Waals surface area contributed by atoms with Gasteiger partial charge in [-0.1, -0.05) is 30.0 Å². The summed E-state index contributed by atoms with van der Waals surface area (Å²) in [6.45, 7) is 2.13. The van der Waals surface area contributed by atoms with E-state index in [0.717, 1.165) is 0 Å². The van der Waals surface area contributed by atoms with E-state index < -0.39 is 0 Å². The van der Waals surface area contributed by atoms with Crippen LogP contribution in [0.1, 0.15) is 9.75 Å². The maximum atomic E-state index is 2.16. The molecule has 1 heterocycles. The molecule has 2 heteroatoms. The monoisotopic (exact) mass is 232 g/mol. The van der Waals surface area contributed by atoms with Crippen LogP contribution in [0, 0.1) is 6.92 Å². The Labute approximate surface area is 98.7 Å². The van der Waals surface area contributed by atoms with Gasteiger partial charge in [0.1, 0.15) is 0 Å². The largest absolute Gasteiger partial charge is 0.141 e. The van der Waals surface area contributed by atoms with E-state index in [4.69, 9.17) is 0 Å². The molecule has 2 aromatic rings. The highest BCUT2D eigenvalue weighted by molar-refractivity contribution is 8.02. The summed E-state index contributed by atoms with van der Waals surface area (Å²) in [5.41, 5.74) is 0. The van der Waals surface area contributed by atoms with Crippen molar-refractivity contribution in [3.63, 3.8) is 0 Å². The van der Waals surface area contributed by atoms with E-state index in [1.165, 1.54) is 14.6 Å². The maximum Gasteiger partial charge on any atom is 0.0278 e. The molecular weight excluding hydrogens is 220 g/mol. The molecule has 15 heavy (non-hydrogen) atoms. The molecular formula is C13H12S2. The van der Waals surface area contributed by atoms with Gasteiger partial charge in [0.25, 0.3) is 0 Å². The molecule has 0 bridgehead atoms. The molecule has 0 unspecified atom stereocenters. The van der Waals surface area contributed by atoms with Crippen molar-refractivity contribution in [2.24, 2.45) is 0 Å². The molecule has 0 saturated heterocycles. The van der Waals surface area contributed by atoms with Gasteiger partial charge in [0, 0.05) is 14.6 Å². The van der Waals surface area contributed by atoms with E-state index in [1.807, 2.05) is 17.4 Å². The molecule has 0 radical (unpaired) electrons. The third kappa shape index (κ3) is 3.26. The van der Waals surface area contributed by atoms with Gasteiger partial charge in [-0.15, -0.1) is 11.3 Å². The highest BCUT2D eigenvalue weighted by Gasteiger charge is 1.91. The van der Waals surface area contributed by atoms with Crippen LogP contribution in [0.15, 0.2) is 52.8 Å². The molecule has 0 aliphatic rings. The van der Waals surface area contributed by atoms with E-state index in [9.17, 15) is 0 Å². The first-order valence-electron chi connectivity index (χ1n) is 4.79. The standard InChI is InChI=1S/C13H12S2/c1-11-7-8-13(15-11)9-10-14-12-5-3-2-4-6-12/h2-10H,1H3/b10-9+. The lowest BCUT2D eigenvalue weighted by molar-refractivity contribution is 1.47. The zero-order chi connectivity index (χ0) is 10.5. The summed E-state index contributed by atoms with van der Waals surface area (Å²) in [6.07, 6.45) is 2.16. The van der Waals surface area contributed by atoms with Crippen LogP contribution in [-0.4, -0.2) is 0 Å². The van der Waals surface area contributed by atoms with Gasteiger partial charge < -0.3 is 0 Å². The summed E-state index contributed by atoms with van der Waals surface area (Å²) in [4.78, 5) is 3.96. The quantitative estimate of drug-likeness (QED) is 0.684. The lowest BCUT2D eigenvalue weighted by Crippen LogP contribution is -1.64. The van der Waals surface area contributed by atoms with Crippen molar-refractivity contribution in [2.45, 2.75) is 11.8 Å². The van der Waals surface area contributed by atoms with Crippen molar-refractivity contribution in [3.8, 4) is 0 Å². The number of thiophene rings is 1. The molecule has 1 aromatic heterocycles. The highest BCUT2D eigenvalue weighted by Crippen LogP contribution is 2.22. The van der Waals surface area contributed by atoms with Crippen LogP contribution in [0.4, 0.5) is 0 Å². The van der Waals surface area contributed by atoms with Crippen LogP contribution in [0.3, 0.4) is 0 Å². The summed E-state index contributed by atoms with van der Waals surface area (Å²) < 4.78 is 0. The number of benzene rings is 1. The van der Waals surface area contributed by atoms with Gasteiger partial charge in [0.2, 0.25) is 0 Å². The second-order valence-corrected chi connectivity index (χ2v) is 5.48. The van der Waals surface area contributed by atoms with Crippen LogP contribution in [0.5, 0.6) is 0 Å². The average Bonchev–Trinajstić information content (AvgIpc) is 2.66. The Balaban J connectivity index is 1.96. The van der Waals surface area contributed by atoms with E-state index in [-0.39, 0.29) is 0 Å². The molecule has 0 saturated carbocycles. The first kappa shape index (κ1) is 10.5. The van der Waals surface area contributed by atoms with E-state index in [2.05, 4.69) is 54.8 Å². The number of hydrogen-bond acceptors (Lipinski definition) is 2. The fourth-order valence-corrected chi connectivity index (χ4v) is 2.77. The minimum absolute atomic E-state index is 1.28. The lowest BCUT2D eigenvalue weighted by Gasteiger charge is -1.92.